The maximum Gasteiger partial charge on any atom is 0.407 e. The molecule has 0 rings (SSSR count). The number of alkyl carbamates (subject to hydrolysis) is 1. The molecule has 0 aliphatic carbocycles. The van der Waals surface area contributed by atoms with Crippen LogP contribution in [0, 0.1) is 0 Å². The van der Waals surface area contributed by atoms with Crippen molar-refractivity contribution < 1.29 is 14.3 Å². The summed E-state index contributed by atoms with van der Waals surface area (Å²) in [7, 11) is 0. The Labute approximate surface area is 103 Å². The molecule has 3 N–H and O–H groups in total. The predicted octanol–water partition coefficient (Wildman–Crippen LogP) is 1.95. The third-order valence-electron chi connectivity index (χ3n) is 2.48. The highest BCUT2D eigenvalue weighted by molar-refractivity contribution is 5.81. The van der Waals surface area contributed by atoms with Crippen molar-refractivity contribution in [1.82, 2.24) is 5.32 Å². The molecule has 2 amide bonds. The van der Waals surface area contributed by atoms with E-state index in [1.54, 1.807) is 0 Å². The van der Waals surface area contributed by atoms with Crippen molar-refractivity contribution in [3.63, 3.8) is 0 Å². The summed E-state index contributed by atoms with van der Waals surface area (Å²) < 4.78 is 4.73. The molecule has 0 bridgehead atoms. The second kappa shape index (κ2) is 9.93. The lowest BCUT2D eigenvalue weighted by Gasteiger charge is -2.10. The van der Waals surface area contributed by atoms with Crippen LogP contribution in [0.15, 0.2) is 0 Å². The molecule has 0 heterocycles. The van der Waals surface area contributed by atoms with E-state index in [0.29, 0.717) is 6.54 Å². The highest BCUT2D eigenvalue weighted by atomic mass is 16.6. The van der Waals surface area contributed by atoms with Crippen LogP contribution in [-0.4, -0.2) is 24.6 Å². The molecule has 0 fully saturated rings. The number of nitrogens with one attached hydrogen (secondary N) is 1. The first-order chi connectivity index (χ1) is 8.07. The van der Waals surface area contributed by atoms with E-state index in [4.69, 9.17) is 10.5 Å². The minimum atomic E-state index is -0.875. The molecule has 0 aromatic heterocycles. The van der Waals surface area contributed by atoms with Crippen LogP contribution in [0.25, 0.3) is 0 Å². The molecular weight excluding hydrogens is 220 g/mol. The van der Waals surface area contributed by atoms with E-state index < -0.39 is 18.1 Å². The second-order valence-electron chi connectivity index (χ2n) is 4.14. The first kappa shape index (κ1) is 15.7. The van der Waals surface area contributed by atoms with Crippen LogP contribution in [0.2, 0.25) is 0 Å². The van der Waals surface area contributed by atoms with E-state index in [-0.39, 0.29) is 0 Å². The molecule has 5 heteroatoms. The highest BCUT2D eigenvalue weighted by Crippen LogP contribution is 2.04. The van der Waals surface area contributed by atoms with Gasteiger partial charge < -0.3 is 15.8 Å². The highest BCUT2D eigenvalue weighted by Gasteiger charge is 2.13. The zero-order valence-electron chi connectivity index (χ0n) is 10.8. The molecule has 5 nitrogen and oxygen atoms in total. The Morgan fingerprint density at radius 1 is 1.18 bits per heavy atom. The Hall–Kier alpha value is -1.26. The smallest absolute Gasteiger partial charge is 0.407 e. The number of hydrogen-bond donors (Lipinski definition) is 2. The van der Waals surface area contributed by atoms with E-state index in [1.807, 2.05) is 0 Å². The average molecular weight is 244 g/mol. The fraction of sp³-hybridized carbons (Fsp3) is 0.833. The summed E-state index contributed by atoms with van der Waals surface area (Å²) in [6.07, 6.45) is 5.53. The SMILES string of the molecule is CCCCCCCCNC(=O)OC(C)C(N)=O. The summed E-state index contributed by atoms with van der Waals surface area (Å²) in [5.74, 6) is -0.639. The standard InChI is InChI=1S/C12H24N2O3/c1-3-4-5-6-7-8-9-14-12(16)17-10(2)11(13)15/h10H,3-9H2,1-2H3,(H2,13,15)(H,14,16). The molecular formula is C12H24N2O3. The molecule has 0 saturated carbocycles. The number of amides is 2. The maximum atomic E-state index is 11.2. The van der Waals surface area contributed by atoms with Crippen molar-refractivity contribution in [1.29, 1.82) is 0 Å². The summed E-state index contributed by atoms with van der Waals surface area (Å²) >= 11 is 0. The molecule has 17 heavy (non-hydrogen) atoms. The number of unbranched alkanes of at least 4 members (excludes halogenated alkanes) is 5. The van der Waals surface area contributed by atoms with Crippen molar-refractivity contribution in [3.05, 3.63) is 0 Å². The molecule has 100 valence electrons. The number of carbonyl (C=O) groups excluding carboxylic acids is 2. The van der Waals surface area contributed by atoms with Gasteiger partial charge in [-0.15, -0.1) is 0 Å². The quantitative estimate of drug-likeness (QED) is 0.608. The van der Waals surface area contributed by atoms with Crippen LogP contribution in [0.1, 0.15) is 52.4 Å². The Morgan fingerprint density at radius 2 is 1.76 bits per heavy atom. The summed E-state index contributed by atoms with van der Waals surface area (Å²) in [5.41, 5.74) is 4.96. The fourth-order valence-corrected chi connectivity index (χ4v) is 1.36. The fourth-order valence-electron chi connectivity index (χ4n) is 1.36. The van der Waals surface area contributed by atoms with Crippen LogP contribution in [0.5, 0.6) is 0 Å². The molecule has 0 aromatic rings. The first-order valence-electron chi connectivity index (χ1n) is 6.31. The van der Waals surface area contributed by atoms with Gasteiger partial charge in [0.25, 0.3) is 5.91 Å². The van der Waals surface area contributed by atoms with E-state index in [9.17, 15) is 9.59 Å². The molecule has 0 saturated heterocycles. The number of rotatable bonds is 9. The zero-order valence-corrected chi connectivity index (χ0v) is 10.8. The Kier molecular flexibility index (Phi) is 9.19. The van der Waals surface area contributed by atoms with Crippen molar-refractivity contribution in [2.24, 2.45) is 5.73 Å². The predicted molar refractivity (Wildman–Crippen MR) is 66.5 cm³/mol. The summed E-state index contributed by atoms with van der Waals surface area (Å²) in [5, 5.41) is 2.59. The Morgan fingerprint density at radius 3 is 2.35 bits per heavy atom. The topological polar surface area (TPSA) is 81.4 Å². The third kappa shape index (κ3) is 9.66. The molecule has 0 spiro atoms. The van der Waals surface area contributed by atoms with Crippen LogP contribution in [0.3, 0.4) is 0 Å². The number of primary amides is 1. The van der Waals surface area contributed by atoms with Crippen molar-refractivity contribution >= 4 is 12.0 Å². The number of ether oxygens (including phenoxy) is 1. The normalized spacial score (nSPS) is 11.9. The molecule has 0 radical (unpaired) electrons. The number of carbonyl (C=O) groups is 2. The maximum absolute atomic E-state index is 11.2. The van der Waals surface area contributed by atoms with Gasteiger partial charge in [0.2, 0.25) is 0 Å². The van der Waals surface area contributed by atoms with Gasteiger partial charge in [0, 0.05) is 6.54 Å². The largest absolute Gasteiger partial charge is 0.436 e. The van der Waals surface area contributed by atoms with E-state index in [0.717, 1.165) is 12.8 Å². The third-order valence-corrected chi connectivity index (χ3v) is 2.48. The average Bonchev–Trinajstić information content (AvgIpc) is 2.27. The van der Waals surface area contributed by atoms with E-state index >= 15 is 0 Å². The summed E-state index contributed by atoms with van der Waals surface area (Å²) in [4.78, 5) is 21.8. The minimum Gasteiger partial charge on any atom is -0.436 e. The van der Waals surface area contributed by atoms with Crippen LogP contribution >= 0.6 is 0 Å². The lowest BCUT2D eigenvalue weighted by Crippen LogP contribution is -2.35. The van der Waals surface area contributed by atoms with Gasteiger partial charge in [0.15, 0.2) is 6.10 Å². The van der Waals surface area contributed by atoms with Crippen LogP contribution < -0.4 is 11.1 Å². The van der Waals surface area contributed by atoms with Gasteiger partial charge in [-0.05, 0) is 13.3 Å². The summed E-state index contributed by atoms with van der Waals surface area (Å²) in [6.45, 7) is 4.21. The van der Waals surface area contributed by atoms with Crippen molar-refractivity contribution in [2.75, 3.05) is 6.54 Å². The van der Waals surface area contributed by atoms with Crippen LogP contribution in [0.4, 0.5) is 4.79 Å². The molecule has 0 aromatic carbocycles. The Balaban J connectivity index is 3.36. The lowest BCUT2D eigenvalue weighted by molar-refractivity contribution is -0.125. The minimum absolute atomic E-state index is 0.579. The zero-order chi connectivity index (χ0) is 13.1. The molecule has 1 atom stereocenters. The molecule has 0 aliphatic heterocycles. The van der Waals surface area contributed by atoms with Crippen LogP contribution in [-0.2, 0) is 9.53 Å². The number of nitrogens with two attached hydrogens (primary N) is 1. The van der Waals surface area contributed by atoms with E-state index in [2.05, 4.69) is 12.2 Å². The second-order valence-corrected chi connectivity index (χ2v) is 4.14. The van der Waals surface area contributed by atoms with Gasteiger partial charge in [-0.2, -0.15) is 0 Å². The van der Waals surface area contributed by atoms with Gasteiger partial charge in [-0.1, -0.05) is 39.0 Å². The van der Waals surface area contributed by atoms with Gasteiger partial charge in [-0.3, -0.25) is 4.79 Å². The first-order valence-corrected chi connectivity index (χ1v) is 6.31. The van der Waals surface area contributed by atoms with Gasteiger partial charge >= 0.3 is 6.09 Å². The molecule has 1 unspecified atom stereocenters. The van der Waals surface area contributed by atoms with Gasteiger partial charge in [-0.25, -0.2) is 4.79 Å². The molecule has 0 aliphatic rings. The number of hydrogen-bond acceptors (Lipinski definition) is 3. The summed E-state index contributed by atoms with van der Waals surface area (Å²) in [6, 6.07) is 0. The van der Waals surface area contributed by atoms with Gasteiger partial charge in [0.1, 0.15) is 0 Å². The van der Waals surface area contributed by atoms with E-state index in [1.165, 1.54) is 32.6 Å². The van der Waals surface area contributed by atoms with Gasteiger partial charge in [0.05, 0.1) is 0 Å². The van der Waals surface area contributed by atoms with Crippen molar-refractivity contribution in [2.45, 2.75) is 58.5 Å². The lowest BCUT2D eigenvalue weighted by atomic mass is 10.1. The Bertz CT molecular complexity index is 232. The monoisotopic (exact) mass is 244 g/mol. The van der Waals surface area contributed by atoms with Crippen molar-refractivity contribution in [3.8, 4) is 0 Å².